The summed E-state index contributed by atoms with van der Waals surface area (Å²) in [6.45, 7) is 3.29. The van der Waals surface area contributed by atoms with Gasteiger partial charge in [-0.15, -0.1) is 0 Å². The second-order valence-corrected chi connectivity index (χ2v) is 10.6. The fourth-order valence-corrected chi connectivity index (χ4v) is 4.75. The molecule has 3 N–H and O–H groups in total. The highest BCUT2D eigenvalue weighted by Crippen LogP contribution is 2.21. The highest BCUT2D eigenvalue weighted by molar-refractivity contribution is 5.96. The summed E-state index contributed by atoms with van der Waals surface area (Å²) in [6.07, 6.45) is 0.379. The van der Waals surface area contributed by atoms with E-state index in [1.54, 1.807) is 38.5 Å². The number of ether oxygens (including phenoxy) is 2. The Bertz CT molecular complexity index is 1150. The van der Waals surface area contributed by atoms with Crippen LogP contribution in [0.25, 0.3) is 0 Å². The minimum Gasteiger partial charge on any atom is -0.497 e. The average Bonchev–Trinajstić information content (AvgIpc) is 3.52. The first-order valence-corrected chi connectivity index (χ1v) is 14.7. The molecule has 0 unspecified atom stereocenters. The topological polar surface area (TPSA) is 125 Å². The van der Waals surface area contributed by atoms with Gasteiger partial charge >= 0.3 is 12.1 Å². The molecule has 1 fully saturated rings. The maximum Gasteiger partial charge on any atom is 0.490 e. The van der Waals surface area contributed by atoms with E-state index >= 15 is 0 Å². The standard InChI is InChI=1S/C30H42N2O5.C2HF3O2/c1-36-21-18-23-10-12-25(13-11-23)30(35)27(22-32-19-6-7-20-32)31-29(34)9-5-3-4-8-28(33)24-14-16-26(37-2)17-15-24;3-2(4,5)1(6)7/h10-17,27,30,35H,3-9,18-22H2,1-2H3,(H,31,34);(H,6,7)/t27-,30-;/m1./s1. The van der Waals surface area contributed by atoms with Crippen molar-refractivity contribution in [3.8, 4) is 5.75 Å². The number of hydrogen-bond acceptors (Lipinski definition) is 7. The van der Waals surface area contributed by atoms with E-state index in [1.807, 2.05) is 24.3 Å². The van der Waals surface area contributed by atoms with Gasteiger partial charge in [0.05, 0.1) is 19.8 Å². The van der Waals surface area contributed by atoms with Crippen LogP contribution in [0.15, 0.2) is 48.5 Å². The molecular weight excluding hydrogens is 581 g/mol. The first-order chi connectivity index (χ1) is 20.9. The van der Waals surface area contributed by atoms with E-state index < -0.39 is 18.2 Å². The number of carbonyl (C=O) groups is 3. The highest BCUT2D eigenvalue weighted by Gasteiger charge is 2.38. The number of rotatable bonds is 16. The Morgan fingerprint density at radius 1 is 0.932 bits per heavy atom. The number of aliphatic carboxylic acids is 1. The predicted octanol–water partition coefficient (Wildman–Crippen LogP) is 4.96. The van der Waals surface area contributed by atoms with Crippen molar-refractivity contribution in [1.82, 2.24) is 10.2 Å². The number of halogens is 3. The second kappa shape index (κ2) is 19.0. The van der Waals surface area contributed by atoms with Gasteiger partial charge in [0.15, 0.2) is 5.78 Å². The van der Waals surface area contributed by atoms with Gasteiger partial charge in [-0.2, -0.15) is 13.2 Å². The highest BCUT2D eigenvalue weighted by atomic mass is 19.4. The van der Waals surface area contributed by atoms with Crippen LogP contribution in [0.2, 0.25) is 0 Å². The van der Waals surface area contributed by atoms with Gasteiger partial charge in [-0.3, -0.25) is 9.59 Å². The van der Waals surface area contributed by atoms with Crippen LogP contribution in [0.5, 0.6) is 5.75 Å². The molecule has 2 atom stereocenters. The summed E-state index contributed by atoms with van der Waals surface area (Å²) in [4.78, 5) is 36.4. The number of carbonyl (C=O) groups excluding carboxylic acids is 2. The summed E-state index contributed by atoms with van der Waals surface area (Å²) in [5.41, 5.74) is 2.65. The molecule has 3 rings (SSSR count). The molecule has 9 nitrogen and oxygen atoms in total. The molecule has 0 aromatic heterocycles. The number of carboxylic acid groups (broad SMARTS) is 1. The number of nitrogens with one attached hydrogen (secondary N) is 1. The van der Waals surface area contributed by atoms with Gasteiger partial charge in [0.1, 0.15) is 11.9 Å². The molecule has 44 heavy (non-hydrogen) atoms. The third kappa shape index (κ3) is 13.4. The number of aliphatic hydroxyl groups excluding tert-OH is 1. The Hall–Kier alpha value is -3.48. The molecule has 1 aliphatic heterocycles. The van der Waals surface area contributed by atoms with E-state index in [2.05, 4.69) is 10.2 Å². The molecule has 1 saturated heterocycles. The predicted molar refractivity (Wildman–Crippen MR) is 159 cm³/mol. The molecule has 0 spiro atoms. The van der Waals surface area contributed by atoms with Gasteiger partial charge < -0.3 is 29.9 Å². The Kier molecular flexibility index (Phi) is 15.9. The third-order valence-corrected chi connectivity index (χ3v) is 7.26. The van der Waals surface area contributed by atoms with Crippen molar-refractivity contribution in [2.45, 2.75) is 69.7 Å². The second-order valence-electron chi connectivity index (χ2n) is 10.6. The van der Waals surface area contributed by atoms with Gasteiger partial charge in [0.2, 0.25) is 5.91 Å². The zero-order valence-electron chi connectivity index (χ0n) is 25.3. The molecule has 0 aliphatic carbocycles. The first kappa shape index (κ1) is 36.7. The number of alkyl halides is 3. The van der Waals surface area contributed by atoms with Crippen molar-refractivity contribution in [2.75, 3.05) is 40.5 Å². The van der Waals surface area contributed by atoms with Crippen LogP contribution in [0.1, 0.15) is 72.5 Å². The number of likely N-dealkylation sites (tertiary alicyclic amines) is 1. The molecule has 0 bridgehead atoms. The van der Waals surface area contributed by atoms with Gasteiger partial charge in [-0.25, -0.2) is 4.79 Å². The van der Waals surface area contributed by atoms with E-state index in [0.717, 1.165) is 62.1 Å². The van der Waals surface area contributed by atoms with Crippen LogP contribution in [0.4, 0.5) is 13.2 Å². The van der Waals surface area contributed by atoms with Crippen LogP contribution in [0, 0.1) is 0 Å². The van der Waals surface area contributed by atoms with E-state index in [4.69, 9.17) is 19.4 Å². The number of hydrogen-bond donors (Lipinski definition) is 3. The molecular formula is C32H43F3N2O7. The molecule has 12 heteroatoms. The van der Waals surface area contributed by atoms with E-state index in [0.29, 0.717) is 38.0 Å². The van der Waals surface area contributed by atoms with E-state index in [-0.39, 0.29) is 17.7 Å². The van der Waals surface area contributed by atoms with E-state index in [1.165, 1.54) is 0 Å². The summed E-state index contributed by atoms with van der Waals surface area (Å²) >= 11 is 0. The van der Waals surface area contributed by atoms with Gasteiger partial charge in [-0.1, -0.05) is 30.7 Å². The number of unbranched alkanes of at least 4 members (excludes halogenated alkanes) is 2. The van der Waals surface area contributed by atoms with Crippen LogP contribution >= 0.6 is 0 Å². The molecule has 1 aliphatic rings. The summed E-state index contributed by atoms with van der Waals surface area (Å²) in [5.74, 6) is -1.97. The number of ketones is 1. The van der Waals surface area contributed by atoms with Crippen LogP contribution in [-0.2, 0) is 20.7 Å². The number of nitrogens with zero attached hydrogens (tertiary/aromatic N) is 1. The van der Waals surface area contributed by atoms with Crippen molar-refractivity contribution in [3.05, 3.63) is 65.2 Å². The summed E-state index contributed by atoms with van der Waals surface area (Å²) in [7, 11) is 3.29. The minimum atomic E-state index is -5.08. The lowest BCUT2D eigenvalue weighted by molar-refractivity contribution is -0.192. The lowest BCUT2D eigenvalue weighted by atomic mass is 9.99. The number of aliphatic hydroxyl groups is 1. The maximum absolute atomic E-state index is 12.8. The van der Waals surface area contributed by atoms with E-state index in [9.17, 15) is 27.9 Å². The summed E-state index contributed by atoms with van der Waals surface area (Å²) in [5, 5.41) is 21.4. The normalized spacial score (nSPS) is 14.7. The molecule has 2 aromatic carbocycles. The molecule has 244 valence electrons. The number of methoxy groups -OCH3 is 2. The number of benzene rings is 2. The zero-order valence-corrected chi connectivity index (χ0v) is 25.3. The fraction of sp³-hybridized carbons (Fsp3) is 0.531. The largest absolute Gasteiger partial charge is 0.497 e. The quantitative estimate of drug-likeness (QED) is 0.177. The monoisotopic (exact) mass is 624 g/mol. The Balaban J connectivity index is 0.000000860. The molecule has 2 aromatic rings. The van der Waals surface area contributed by atoms with Crippen molar-refractivity contribution in [3.63, 3.8) is 0 Å². The Morgan fingerprint density at radius 3 is 2.07 bits per heavy atom. The summed E-state index contributed by atoms with van der Waals surface area (Å²) in [6, 6.07) is 14.7. The third-order valence-electron chi connectivity index (χ3n) is 7.26. The van der Waals surface area contributed by atoms with Crippen LogP contribution in [0.3, 0.4) is 0 Å². The lowest BCUT2D eigenvalue weighted by Crippen LogP contribution is -2.46. The van der Waals surface area contributed by atoms with Crippen LogP contribution in [-0.4, -0.2) is 85.5 Å². The smallest absolute Gasteiger partial charge is 0.490 e. The Morgan fingerprint density at radius 2 is 1.52 bits per heavy atom. The summed E-state index contributed by atoms with van der Waals surface area (Å²) < 4.78 is 42.0. The van der Waals surface area contributed by atoms with Gasteiger partial charge in [0.25, 0.3) is 0 Å². The molecule has 0 saturated carbocycles. The minimum absolute atomic E-state index is 0.0542. The van der Waals surface area contributed by atoms with Crippen molar-refractivity contribution in [2.24, 2.45) is 0 Å². The SMILES string of the molecule is COCCc1ccc([C@@H](O)[C@@H](CN2CCCC2)NC(=O)CCCCCC(=O)c2ccc(OC)cc2)cc1.O=C(O)C(F)(F)F. The number of Topliss-reactive ketones (excluding diaryl/α,β-unsaturated/α-hetero) is 1. The van der Waals surface area contributed by atoms with Crippen molar-refractivity contribution < 1.29 is 47.2 Å². The van der Waals surface area contributed by atoms with Crippen molar-refractivity contribution in [1.29, 1.82) is 0 Å². The number of amides is 1. The van der Waals surface area contributed by atoms with Crippen molar-refractivity contribution >= 4 is 17.7 Å². The zero-order chi connectivity index (χ0) is 32.5. The molecule has 0 radical (unpaired) electrons. The average molecular weight is 625 g/mol. The lowest BCUT2D eigenvalue weighted by Gasteiger charge is -2.29. The maximum atomic E-state index is 12.8. The Labute approximate surface area is 256 Å². The molecule has 1 amide bonds. The van der Waals surface area contributed by atoms with Crippen LogP contribution < -0.4 is 10.1 Å². The number of carboxylic acids is 1. The van der Waals surface area contributed by atoms with Gasteiger partial charge in [0, 0.05) is 32.1 Å². The molecule has 1 heterocycles. The van der Waals surface area contributed by atoms with Gasteiger partial charge in [-0.05, 0) is 80.6 Å². The fourth-order valence-electron chi connectivity index (χ4n) is 4.75. The first-order valence-electron chi connectivity index (χ1n) is 14.7.